The molecule has 1 aliphatic rings. The third-order valence-corrected chi connectivity index (χ3v) is 3.99. The average Bonchev–Trinajstić information content (AvgIpc) is 2.72. The van der Waals surface area contributed by atoms with Crippen LogP contribution in [-0.2, 0) is 0 Å². The van der Waals surface area contributed by atoms with Gasteiger partial charge in [0.15, 0.2) is 0 Å². The van der Waals surface area contributed by atoms with Crippen molar-refractivity contribution in [3.8, 4) is 0 Å². The lowest BCUT2D eigenvalue weighted by Crippen LogP contribution is -2.62. The van der Waals surface area contributed by atoms with E-state index in [1.807, 2.05) is 0 Å². The van der Waals surface area contributed by atoms with E-state index in [9.17, 15) is 24.6 Å². The van der Waals surface area contributed by atoms with Gasteiger partial charge in [-0.05, 0) is 27.7 Å². The van der Waals surface area contributed by atoms with E-state index in [0.29, 0.717) is 0 Å². The molecule has 1 aliphatic heterocycles. The van der Waals surface area contributed by atoms with Crippen molar-refractivity contribution in [3.05, 3.63) is 0 Å². The van der Waals surface area contributed by atoms with Crippen LogP contribution in [-0.4, -0.2) is 88.8 Å². The summed E-state index contributed by atoms with van der Waals surface area (Å²) in [5.74, 6) is 0. The van der Waals surface area contributed by atoms with E-state index in [-0.39, 0.29) is 19.2 Å². The van der Waals surface area contributed by atoms with Gasteiger partial charge in [0, 0.05) is 14.1 Å². The molecule has 1 rings (SSSR count). The quantitative estimate of drug-likeness (QED) is 0.345. The summed E-state index contributed by atoms with van der Waals surface area (Å²) < 4.78 is 0. The highest BCUT2D eigenvalue weighted by Crippen LogP contribution is 2.16. The van der Waals surface area contributed by atoms with Crippen molar-refractivity contribution in [1.82, 2.24) is 31.1 Å². The van der Waals surface area contributed by atoms with Gasteiger partial charge >= 0.3 is 18.1 Å². The molecule has 2 atom stereocenters. The van der Waals surface area contributed by atoms with Gasteiger partial charge in [0.05, 0.1) is 24.3 Å². The van der Waals surface area contributed by atoms with Crippen LogP contribution in [0.2, 0.25) is 0 Å². The monoisotopic (exact) mass is 374 g/mol. The van der Waals surface area contributed by atoms with E-state index in [1.54, 1.807) is 27.7 Å². The Bertz CT molecular complexity index is 507. The molecular weight excluding hydrogens is 344 g/mol. The van der Waals surface area contributed by atoms with Crippen molar-refractivity contribution in [2.24, 2.45) is 0 Å². The minimum atomic E-state index is -0.845. The maximum atomic E-state index is 12.2. The molecule has 150 valence electrons. The highest BCUT2D eigenvalue weighted by molar-refractivity contribution is 5.82. The third-order valence-electron chi connectivity index (χ3n) is 3.99. The first-order valence-corrected chi connectivity index (χ1v) is 8.22. The number of aliphatic hydroxyl groups is 2. The summed E-state index contributed by atoms with van der Waals surface area (Å²) in [6, 6.07) is -1.57. The van der Waals surface area contributed by atoms with Crippen molar-refractivity contribution in [3.63, 3.8) is 0 Å². The predicted molar refractivity (Wildman–Crippen MR) is 94.2 cm³/mol. The number of nitrogens with one attached hydrogen (secondary N) is 4. The zero-order chi connectivity index (χ0) is 20.3. The molecule has 26 heavy (non-hydrogen) atoms. The van der Waals surface area contributed by atoms with Crippen LogP contribution in [0.15, 0.2) is 0 Å². The molecule has 0 radical (unpaired) electrons. The molecule has 0 spiro atoms. The Morgan fingerprint density at radius 1 is 0.885 bits per heavy atom. The minimum Gasteiger partial charge on any atom is -0.394 e. The second-order valence-electron chi connectivity index (χ2n) is 7.67. The number of hydrogen-bond donors (Lipinski definition) is 6. The van der Waals surface area contributed by atoms with Gasteiger partial charge in [-0.2, -0.15) is 0 Å². The van der Waals surface area contributed by atoms with Gasteiger partial charge in [-0.25, -0.2) is 14.4 Å². The van der Waals surface area contributed by atoms with Crippen LogP contribution in [0.5, 0.6) is 0 Å². The maximum Gasteiger partial charge on any atom is 0.323 e. The zero-order valence-corrected chi connectivity index (χ0v) is 16.1. The second kappa shape index (κ2) is 7.96. The molecule has 0 aromatic rings. The van der Waals surface area contributed by atoms with E-state index >= 15 is 0 Å². The lowest BCUT2D eigenvalue weighted by Gasteiger charge is -2.31. The zero-order valence-electron chi connectivity index (χ0n) is 16.1. The number of carbonyl (C=O) groups excluding carboxylic acids is 3. The molecule has 1 saturated heterocycles. The summed E-state index contributed by atoms with van der Waals surface area (Å²) >= 11 is 0. The Hall–Kier alpha value is -2.27. The van der Waals surface area contributed by atoms with Crippen molar-refractivity contribution >= 4 is 18.1 Å². The number of amides is 6. The molecule has 6 N–H and O–H groups in total. The van der Waals surface area contributed by atoms with E-state index in [2.05, 4.69) is 21.3 Å². The Morgan fingerprint density at radius 2 is 1.19 bits per heavy atom. The normalized spacial score (nSPS) is 20.8. The molecule has 0 bridgehead atoms. The molecule has 0 saturated carbocycles. The van der Waals surface area contributed by atoms with Gasteiger partial charge in [0.25, 0.3) is 0 Å². The highest BCUT2D eigenvalue weighted by atomic mass is 16.3. The van der Waals surface area contributed by atoms with Crippen LogP contribution in [0.1, 0.15) is 27.7 Å². The van der Waals surface area contributed by atoms with E-state index in [4.69, 9.17) is 0 Å². The van der Waals surface area contributed by atoms with Crippen LogP contribution in [0.3, 0.4) is 0 Å². The Kier molecular flexibility index (Phi) is 6.66. The van der Waals surface area contributed by atoms with Crippen molar-refractivity contribution in [2.45, 2.75) is 51.1 Å². The molecule has 0 aromatic carbocycles. The van der Waals surface area contributed by atoms with Gasteiger partial charge in [-0.1, -0.05) is 0 Å². The lowest BCUT2D eigenvalue weighted by molar-refractivity contribution is 0.161. The summed E-state index contributed by atoms with van der Waals surface area (Å²) in [7, 11) is 3.00. The van der Waals surface area contributed by atoms with Crippen molar-refractivity contribution < 1.29 is 24.6 Å². The smallest absolute Gasteiger partial charge is 0.323 e. The van der Waals surface area contributed by atoms with E-state index in [0.717, 1.165) is 0 Å². The van der Waals surface area contributed by atoms with Crippen LogP contribution in [0.25, 0.3) is 0 Å². The molecule has 11 heteroatoms. The number of likely N-dealkylation sites (N-methyl/N-ethyl adjacent to an activating group) is 2. The molecule has 11 nitrogen and oxygen atoms in total. The molecule has 2 unspecified atom stereocenters. The largest absolute Gasteiger partial charge is 0.394 e. The standard InChI is InChI=1S/C15H30N6O5/c1-14(2,7-22)18-11(24)16-9-10(21(6)13(26)20(9)5)17-12(25)19-15(3,4)8-23/h9-10,22-23H,7-8H2,1-6H3,(H2,16,18,24)(H2,17,19,25). The number of hydrogen-bond acceptors (Lipinski definition) is 5. The Labute approximate surface area is 153 Å². The molecular formula is C15H30N6O5. The van der Waals surface area contributed by atoms with Gasteiger partial charge in [0.2, 0.25) is 0 Å². The number of urea groups is 3. The molecule has 6 amide bonds. The van der Waals surface area contributed by atoms with Gasteiger partial charge in [-0.15, -0.1) is 0 Å². The second-order valence-corrected chi connectivity index (χ2v) is 7.67. The molecule has 1 fully saturated rings. The first-order chi connectivity index (χ1) is 11.8. The van der Waals surface area contributed by atoms with Crippen LogP contribution < -0.4 is 21.3 Å². The minimum absolute atomic E-state index is 0.264. The fourth-order valence-corrected chi connectivity index (χ4v) is 2.30. The first-order valence-electron chi connectivity index (χ1n) is 8.22. The average molecular weight is 374 g/mol. The molecule has 1 heterocycles. The molecule has 0 aliphatic carbocycles. The summed E-state index contributed by atoms with van der Waals surface area (Å²) in [5, 5.41) is 28.9. The van der Waals surface area contributed by atoms with Crippen LogP contribution >= 0.6 is 0 Å². The molecule has 0 aromatic heterocycles. The number of aliphatic hydroxyl groups excluding tert-OH is 2. The third kappa shape index (κ3) is 5.36. The number of rotatable bonds is 6. The Morgan fingerprint density at radius 3 is 1.46 bits per heavy atom. The summed E-state index contributed by atoms with van der Waals surface area (Å²) in [4.78, 5) is 39.1. The van der Waals surface area contributed by atoms with Gasteiger partial charge in [0.1, 0.15) is 12.3 Å². The summed E-state index contributed by atoms with van der Waals surface area (Å²) in [5.41, 5.74) is -1.69. The van der Waals surface area contributed by atoms with Crippen molar-refractivity contribution in [1.29, 1.82) is 0 Å². The first kappa shape index (κ1) is 21.8. The van der Waals surface area contributed by atoms with E-state index in [1.165, 1.54) is 23.9 Å². The van der Waals surface area contributed by atoms with Gasteiger partial charge < -0.3 is 41.3 Å². The fourth-order valence-electron chi connectivity index (χ4n) is 2.30. The predicted octanol–water partition coefficient (Wildman–Crippen LogP) is -1.22. The summed E-state index contributed by atoms with van der Waals surface area (Å²) in [6.45, 7) is 6.04. The maximum absolute atomic E-state index is 12.2. The van der Waals surface area contributed by atoms with Crippen LogP contribution in [0.4, 0.5) is 14.4 Å². The number of nitrogens with zero attached hydrogens (tertiary/aromatic N) is 2. The fraction of sp³-hybridized carbons (Fsp3) is 0.800. The highest BCUT2D eigenvalue weighted by Gasteiger charge is 2.44. The van der Waals surface area contributed by atoms with Crippen LogP contribution in [0, 0.1) is 0 Å². The van der Waals surface area contributed by atoms with Crippen molar-refractivity contribution in [2.75, 3.05) is 27.3 Å². The van der Waals surface area contributed by atoms with E-state index < -0.39 is 35.5 Å². The van der Waals surface area contributed by atoms with Gasteiger partial charge in [-0.3, -0.25) is 0 Å². The summed E-state index contributed by atoms with van der Waals surface area (Å²) in [6.07, 6.45) is -1.66. The Balaban J connectivity index is 2.85. The number of carbonyl (C=O) groups is 3. The lowest BCUT2D eigenvalue weighted by atomic mass is 10.1. The topological polar surface area (TPSA) is 146 Å². The SMILES string of the molecule is CN1C(=O)N(C)C(NC(=O)NC(C)(C)CO)C1NC(=O)NC(C)(C)CO.